The van der Waals surface area contributed by atoms with Crippen LogP contribution in [-0.2, 0) is 0 Å². The van der Waals surface area contributed by atoms with Gasteiger partial charge < -0.3 is 24.5 Å². The highest BCUT2D eigenvalue weighted by molar-refractivity contribution is 5.95. The molecule has 1 aromatic carbocycles. The van der Waals surface area contributed by atoms with E-state index in [1.165, 1.54) is 5.39 Å². The van der Waals surface area contributed by atoms with Gasteiger partial charge in [0.15, 0.2) is 11.6 Å². The number of carbonyl (C=O) groups is 1. The van der Waals surface area contributed by atoms with E-state index in [0.717, 1.165) is 55.2 Å². The number of fused-ring (bicyclic) bond motifs is 2. The molecule has 0 unspecified atom stereocenters. The molecule has 3 aromatic rings. The zero-order valence-corrected chi connectivity index (χ0v) is 13.9. The molecule has 0 aliphatic carbocycles. The highest BCUT2D eigenvalue weighted by atomic mass is 16.5. The Morgan fingerprint density at radius 2 is 1.96 bits per heavy atom. The summed E-state index contributed by atoms with van der Waals surface area (Å²) in [7, 11) is 0. The molecule has 0 saturated carbocycles. The highest BCUT2D eigenvalue weighted by Gasteiger charge is 2.27. The van der Waals surface area contributed by atoms with Crippen molar-refractivity contribution >= 4 is 28.3 Å². The summed E-state index contributed by atoms with van der Waals surface area (Å²) in [5.74, 6) is 1.68. The van der Waals surface area contributed by atoms with Gasteiger partial charge >= 0.3 is 0 Å². The molecule has 128 valence electrons. The van der Waals surface area contributed by atoms with Gasteiger partial charge in [0.25, 0.3) is 5.91 Å². The van der Waals surface area contributed by atoms with Gasteiger partial charge in [-0.3, -0.25) is 4.79 Å². The number of hydrogen-bond acceptors (Lipinski definition) is 3. The van der Waals surface area contributed by atoms with Crippen LogP contribution in [0.1, 0.15) is 23.3 Å². The van der Waals surface area contributed by atoms with Crippen molar-refractivity contribution in [3.05, 3.63) is 42.2 Å². The minimum Gasteiger partial charge on any atom is -0.488 e. The summed E-state index contributed by atoms with van der Waals surface area (Å²) in [5.41, 5.74) is 2.80. The van der Waals surface area contributed by atoms with Crippen molar-refractivity contribution in [2.45, 2.75) is 12.8 Å². The maximum absolute atomic E-state index is 12.7. The molecule has 0 atom stereocenters. The summed E-state index contributed by atoms with van der Waals surface area (Å²) in [5, 5.41) is 1.19. The second-order valence-electron chi connectivity index (χ2n) is 6.64. The first kappa shape index (κ1) is 14.5. The number of aromatic amines is 2. The largest absolute Gasteiger partial charge is 0.488 e. The van der Waals surface area contributed by atoms with E-state index < -0.39 is 0 Å². The second-order valence-corrected chi connectivity index (χ2v) is 6.64. The Labute approximate surface area is 145 Å². The predicted molar refractivity (Wildman–Crippen MR) is 96.7 cm³/mol. The molecule has 6 heteroatoms. The highest BCUT2D eigenvalue weighted by Crippen LogP contribution is 2.37. The van der Waals surface area contributed by atoms with Gasteiger partial charge in [-0.15, -0.1) is 0 Å². The first-order valence-corrected chi connectivity index (χ1v) is 8.79. The lowest BCUT2D eigenvalue weighted by molar-refractivity contribution is 0.0787. The summed E-state index contributed by atoms with van der Waals surface area (Å²) in [4.78, 5) is 23.3. The van der Waals surface area contributed by atoms with Crippen molar-refractivity contribution in [3.63, 3.8) is 0 Å². The zero-order chi connectivity index (χ0) is 16.8. The Morgan fingerprint density at radius 1 is 1.08 bits per heavy atom. The van der Waals surface area contributed by atoms with Gasteiger partial charge in [0.05, 0.1) is 6.54 Å². The molecule has 25 heavy (non-hydrogen) atoms. The number of anilines is 2. The summed E-state index contributed by atoms with van der Waals surface area (Å²) < 4.78 is 5.79. The van der Waals surface area contributed by atoms with E-state index in [-0.39, 0.29) is 5.91 Å². The van der Waals surface area contributed by atoms with E-state index in [4.69, 9.17) is 4.74 Å². The fraction of sp³-hybridized carbons (Fsp3) is 0.316. The van der Waals surface area contributed by atoms with Gasteiger partial charge in [-0.05, 0) is 36.4 Å². The molecule has 2 N–H and O–H groups in total. The second kappa shape index (κ2) is 5.58. The Kier molecular flexibility index (Phi) is 3.23. The van der Waals surface area contributed by atoms with Gasteiger partial charge in [-0.25, -0.2) is 0 Å². The molecule has 0 radical (unpaired) electrons. The average Bonchev–Trinajstić information content (AvgIpc) is 3.39. The molecule has 0 spiro atoms. The smallest absolute Gasteiger partial charge is 0.270 e. The van der Waals surface area contributed by atoms with Crippen LogP contribution in [0.4, 0.5) is 11.5 Å². The van der Waals surface area contributed by atoms with Crippen LogP contribution in [0.25, 0.3) is 10.9 Å². The lowest BCUT2D eigenvalue weighted by Gasteiger charge is -2.28. The molecule has 1 amide bonds. The van der Waals surface area contributed by atoms with Gasteiger partial charge in [0, 0.05) is 36.6 Å². The number of nitrogens with one attached hydrogen (secondary N) is 2. The maximum Gasteiger partial charge on any atom is 0.270 e. The Hall–Kier alpha value is -2.89. The normalized spacial score (nSPS) is 17.0. The van der Waals surface area contributed by atoms with Gasteiger partial charge in [-0.2, -0.15) is 0 Å². The van der Waals surface area contributed by atoms with Crippen LogP contribution < -0.4 is 9.64 Å². The SMILES string of the molecule is O=C(c1cc2c([nH]1)N(c1ccc3cc[nH]c3c1)CCO2)N1CCCC1. The molecule has 5 rings (SSSR count). The molecule has 2 aliphatic rings. The molecule has 2 aromatic heterocycles. The molecule has 1 fully saturated rings. The van der Waals surface area contributed by atoms with Gasteiger partial charge in [-0.1, -0.05) is 6.07 Å². The monoisotopic (exact) mass is 336 g/mol. The fourth-order valence-electron chi connectivity index (χ4n) is 3.76. The third kappa shape index (κ3) is 2.36. The number of ether oxygens (including phenoxy) is 1. The number of likely N-dealkylation sites (tertiary alicyclic amines) is 1. The third-order valence-corrected chi connectivity index (χ3v) is 5.08. The molecule has 4 heterocycles. The van der Waals surface area contributed by atoms with Crippen molar-refractivity contribution in [2.24, 2.45) is 0 Å². The molecule has 1 saturated heterocycles. The number of carbonyl (C=O) groups excluding carboxylic acids is 1. The summed E-state index contributed by atoms with van der Waals surface area (Å²) in [6, 6.07) is 10.2. The fourth-order valence-corrected chi connectivity index (χ4v) is 3.76. The van der Waals surface area contributed by atoms with E-state index in [2.05, 4.69) is 39.1 Å². The third-order valence-electron chi connectivity index (χ3n) is 5.08. The number of hydrogen-bond donors (Lipinski definition) is 2. The van der Waals surface area contributed by atoms with Crippen LogP contribution in [-0.4, -0.2) is 47.0 Å². The van der Waals surface area contributed by atoms with E-state index in [1.54, 1.807) is 0 Å². The molecular formula is C19H20N4O2. The number of amides is 1. The van der Waals surface area contributed by atoms with E-state index in [9.17, 15) is 4.79 Å². The lowest BCUT2D eigenvalue weighted by Crippen LogP contribution is -2.29. The first-order valence-electron chi connectivity index (χ1n) is 8.79. The minimum atomic E-state index is 0.0651. The van der Waals surface area contributed by atoms with Gasteiger partial charge in [0.1, 0.15) is 12.3 Å². The quantitative estimate of drug-likeness (QED) is 0.755. The van der Waals surface area contributed by atoms with Crippen molar-refractivity contribution in [1.29, 1.82) is 0 Å². The van der Waals surface area contributed by atoms with Gasteiger partial charge in [0.2, 0.25) is 0 Å². The topological polar surface area (TPSA) is 64.4 Å². The summed E-state index contributed by atoms with van der Waals surface area (Å²) in [6.07, 6.45) is 4.12. The van der Waals surface area contributed by atoms with Crippen molar-refractivity contribution in [1.82, 2.24) is 14.9 Å². The number of H-pyrrole nitrogens is 2. The number of aromatic nitrogens is 2. The van der Waals surface area contributed by atoms with Crippen LogP contribution in [0.2, 0.25) is 0 Å². The van der Waals surface area contributed by atoms with E-state index >= 15 is 0 Å². The number of benzene rings is 1. The van der Waals surface area contributed by atoms with Crippen molar-refractivity contribution < 1.29 is 9.53 Å². The number of nitrogens with zero attached hydrogens (tertiary/aromatic N) is 2. The molecular weight excluding hydrogens is 316 g/mol. The number of rotatable bonds is 2. The van der Waals surface area contributed by atoms with E-state index in [1.807, 2.05) is 17.2 Å². The lowest BCUT2D eigenvalue weighted by atomic mass is 10.2. The molecule has 0 bridgehead atoms. The Balaban J connectivity index is 1.51. The Bertz CT molecular complexity index is 936. The zero-order valence-electron chi connectivity index (χ0n) is 13.9. The maximum atomic E-state index is 12.7. The standard InChI is InChI=1S/C19H20N4O2/c24-19(22-7-1-2-8-22)16-12-17-18(21-16)23(9-10-25-17)14-4-3-13-5-6-20-15(13)11-14/h3-6,11-12,20-21H,1-2,7-10H2. The molecule has 2 aliphatic heterocycles. The summed E-state index contributed by atoms with van der Waals surface area (Å²) >= 11 is 0. The van der Waals surface area contributed by atoms with Crippen LogP contribution in [0, 0.1) is 0 Å². The van der Waals surface area contributed by atoms with Crippen LogP contribution in [0.3, 0.4) is 0 Å². The molecule has 6 nitrogen and oxygen atoms in total. The van der Waals surface area contributed by atoms with Crippen LogP contribution in [0.15, 0.2) is 36.5 Å². The van der Waals surface area contributed by atoms with E-state index in [0.29, 0.717) is 12.3 Å². The minimum absolute atomic E-state index is 0.0651. The first-order chi connectivity index (χ1) is 12.3. The van der Waals surface area contributed by atoms with Crippen molar-refractivity contribution in [3.8, 4) is 5.75 Å². The Morgan fingerprint density at radius 3 is 2.84 bits per heavy atom. The van der Waals surface area contributed by atoms with Crippen molar-refractivity contribution in [2.75, 3.05) is 31.1 Å². The predicted octanol–water partition coefficient (Wildman–Crippen LogP) is 3.26. The van der Waals surface area contributed by atoms with Crippen LogP contribution in [0.5, 0.6) is 5.75 Å². The average molecular weight is 336 g/mol. The summed E-state index contributed by atoms with van der Waals surface area (Å²) in [6.45, 7) is 3.04. The van der Waals surface area contributed by atoms with Crippen LogP contribution >= 0.6 is 0 Å².